The highest BCUT2D eigenvalue weighted by molar-refractivity contribution is 7.46. The quantitative estimate of drug-likeness (QED) is 0.392. The number of hydrogen-bond acceptors (Lipinski definition) is 7. The minimum atomic E-state index is -4.79. The fourth-order valence-corrected chi connectivity index (χ4v) is 3.26. The Labute approximate surface area is 165 Å². The monoisotopic (exact) mass is 423 g/mol. The van der Waals surface area contributed by atoms with Crippen LogP contribution in [-0.2, 0) is 26.0 Å². The number of phosphoric ester groups is 1. The predicted octanol–water partition coefficient (Wildman–Crippen LogP) is 1.99. The van der Waals surface area contributed by atoms with Crippen LogP contribution in [0, 0.1) is 5.82 Å². The molecule has 0 radical (unpaired) electrons. The molecule has 0 amide bonds. The highest BCUT2D eigenvalue weighted by Gasteiger charge is 2.43. The van der Waals surface area contributed by atoms with Gasteiger partial charge in [-0.05, 0) is 5.56 Å². The number of halogens is 1. The third-order valence-corrected chi connectivity index (χ3v) is 4.91. The summed E-state index contributed by atoms with van der Waals surface area (Å²) < 4.78 is 37.5. The van der Waals surface area contributed by atoms with Crippen molar-refractivity contribution in [2.75, 3.05) is 6.79 Å². The smallest absolute Gasteiger partial charge is 0.341 e. The molecule has 29 heavy (non-hydrogen) atoms. The van der Waals surface area contributed by atoms with Gasteiger partial charge in [-0.2, -0.15) is 5.10 Å². The van der Waals surface area contributed by atoms with Crippen molar-refractivity contribution in [1.82, 2.24) is 24.7 Å². The summed E-state index contributed by atoms with van der Waals surface area (Å²) in [4.78, 5) is 29.7. The lowest BCUT2D eigenvalue weighted by Crippen LogP contribution is -2.41. The first-order valence-corrected chi connectivity index (χ1v) is 10.0. The number of rotatable bonds is 9. The van der Waals surface area contributed by atoms with Gasteiger partial charge in [0, 0.05) is 5.92 Å². The Balaban J connectivity index is 2.10. The Kier molecular flexibility index (Phi) is 6.46. The molecule has 3 aromatic rings. The van der Waals surface area contributed by atoms with Gasteiger partial charge in [0.2, 0.25) is 0 Å². The van der Waals surface area contributed by atoms with Crippen LogP contribution in [0.25, 0.3) is 0 Å². The minimum absolute atomic E-state index is 0.0478. The van der Waals surface area contributed by atoms with Crippen LogP contribution in [0.5, 0.6) is 0 Å². The van der Waals surface area contributed by atoms with Gasteiger partial charge in [-0.3, -0.25) is 4.52 Å². The van der Waals surface area contributed by atoms with Crippen molar-refractivity contribution in [2.45, 2.75) is 25.0 Å². The molecule has 3 rings (SSSR count). The van der Waals surface area contributed by atoms with E-state index < -0.39 is 32.0 Å². The molecular formula is C17H19FN5O5P. The lowest BCUT2D eigenvalue weighted by Gasteiger charge is -2.39. The van der Waals surface area contributed by atoms with Crippen molar-refractivity contribution < 1.29 is 28.0 Å². The molecule has 1 aromatic carbocycles. The summed E-state index contributed by atoms with van der Waals surface area (Å²) in [5.74, 6) is -1.36. The van der Waals surface area contributed by atoms with Gasteiger partial charge in [-0.15, -0.1) is 0 Å². The second-order valence-corrected chi connectivity index (χ2v) is 7.45. The van der Waals surface area contributed by atoms with Crippen molar-refractivity contribution in [3.63, 3.8) is 0 Å². The fourth-order valence-electron chi connectivity index (χ4n) is 3.07. The fraction of sp³-hybridized carbons (Fsp3) is 0.294. The molecular weight excluding hydrogens is 404 g/mol. The SMILES string of the molecule is C[C@@H](c1ncncc1F)[C@@](Cn1cncn1)(OCOP(=O)(O)O)c1ccccc1. The summed E-state index contributed by atoms with van der Waals surface area (Å²) in [6, 6.07) is 8.84. The molecule has 0 fully saturated rings. The van der Waals surface area contributed by atoms with E-state index in [9.17, 15) is 8.96 Å². The van der Waals surface area contributed by atoms with Crippen LogP contribution in [0.2, 0.25) is 0 Å². The van der Waals surface area contributed by atoms with Crippen LogP contribution in [-0.4, -0.2) is 41.3 Å². The molecule has 12 heteroatoms. The van der Waals surface area contributed by atoms with Gasteiger partial charge in [0.1, 0.15) is 24.6 Å². The highest BCUT2D eigenvalue weighted by Crippen LogP contribution is 2.43. The molecule has 0 spiro atoms. The van der Waals surface area contributed by atoms with E-state index in [1.807, 2.05) is 0 Å². The maximum atomic E-state index is 14.5. The molecule has 2 heterocycles. The summed E-state index contributed by atoms with van der Waals surface area (Å²) in [5.41, 5.74) is -0.672. The number of nitrogens with zero attached hydrogens (tertiary/aromatic N) is 5. The average Bonchev–Trinajstić information content (AvgIpc) is 3.20. The van der Waals surface area contributed by atoms with Crippen LogP contribution >= 0.6 is 7.82 Å². The number of benzene rings is 1. The molecule has 0 saturated carbocycles. The van der Waals surface area contributed by atoms with Crippen LogP contribution < -0.4 is 0 Å². The molecule has 0 aliphatic heterocycles. The summed E-state index contributed by atoms with van der Waals surface area (Å²) >= 11 is 0. The molecule has 2 N–H and O–H groups in total. The number of aromatic nitrogens is 5. The molecule has 10 nitrogen and oxygen atoms in total. The van der Waals surface area contributed by atoms with E-state index in [4.69, 9.17) is 14.5 Å². The van der Waals surface area contributed by atoms with Gasteiger partial charge in [-0.25, -0.2) is 28.6 Å². The molecule has 154 valence electrons. The first-order valence-electron chi connectivity index (χ1n) is 8.49. The second kappa shape index (κ2) is 8.85. The summed E-state index contributed by atoms with van der Waals surface area (Å²) in [6.07, 6.45) is 5.04. The van der Waals surface area contributed by atoms with E-state index in [1.54, 1.807) is 37.3 Å². The van der Waals surface area contributed by atoms with Crippen molar-refractivity contribution in [3.8, 4) is 0 Å². The van der Waals surface area contributed by atoms with E-state index in [0.717, 1.165) is 6.20 Å². The van der Waals surface area contributed by atoms with Gasteiger partial charge in [0.15, 0.2) is 12.6 Å². The van der Waals surface area contributed by atoms with Crippen molar-refractivity contribution >= 4 is 7.82 Å². The maximum Gasteiger partial charge on any atom is 0.471 e. The lowest BCUT2D eigenvalue weighted by molar-refractivity contribution is -0.140. The van der Waals surface area contributed by atoms with Crippen molar-refractivity contribution in [3.05, 3.63) is 72.6 Å². The Morgan fingerprint density at radius 1 is 1.24 bits per heavy atom. The standard InChI is InChI=1S/C17H19FN5O5P/c1-13(16-15(18)7-19-9-21-16)17(8-23-11-20-10-22-23,14-5-3-2-4-6-14)27-12-28-29(24,25)26/h2-7,9-11,13H,8,12H2,1H3,(H2,24,25,26)/t13-,17+/m0/s1. The Bertz CT molecular complexity index is 971. The van der Waals surface area contributed by atoms with E-state index in [0.29, 0.717) is 5.56 Å². The minimum Gasteiger partial charge on any atom is -0.341 e. The Morgan fingerprint density at radius 3 is 2.62 bits per heavy atom. The zero-order chi connectivity index (χ0) is 20.9. The Hall–Kier alpha value is -2.56. The van der Waals surface area contributed by atoms with Gasteiger partial charge >= 0.3 is 7.82 Å². The first kappa shape index (κ1) is 21.2. The predicted molar refractivity (Wildman–Crippen MR) is 97.6 cm³/mol. The van der Waals surface area contributed by atoms with E-state index in [-0.39, 0.29) is 12.2 Å². The third kappa shape index (κ3) is 5.08. The maximum absolute atomic E-state index is 14.5. The highest BCUT2D eigenvalue weighted by atomic mass is 31.2. The summed E-state index contributed by atoms with van der Waals surface area (Å²) in [6.45, 7) is 0.990. The first-order chi connectivity index (χ1) is 13.8. The number of phosphoric acid groups is 1. The zero-order valence-electron chi connectivity index (χ0n) is 15.4. The van der Waals surface area contributed by atoms with E-state index in [2.05, 4.69) is 24.6 Å². The normalized spacial score (nSPS) is 15.0. The van der Waals surface area contributed by atoms with E-state index in [1.165, 1.54) is 23.7 Å². The summed E-state index contributed by atoms with van der Waals surface area (Å²) in [7, 11) is -4.79. The number of hydrogen-bond donors (Lipinski definition) is 2. The van der Waals surface area contributed by atoms with Crippen LogP contribution in [0.4, 0.5) is 4.39 Å². The van der Waals surface area contributed by atoms with Crippen LogP contribution in [0.3, 0.4) is 0 Å². The van der Waals surface area contributed by atoms with Gasteiger partial charge < -0.3 is 14.5 Å². The third-order valence-electron chi connectivity index (χ3n) is 4.47. The Morgan fingerprint density at radius 2 is 2.00 bits per heavy atom. The van der Waals surface area contributed by atoms with Crippen LogP contribution in [0.1, 0.15) is 24.1 Å². The van der Waals surface area contributed by atoms with Crippen LogP contribution in [0.15, 0.2) is 55.5 Å². The molecule has 0 aliphatic carbocycles. The largest absolute Gasteiger partial charge is 0.471 e. The lowest BCUT2D eigenvalue weighted by atomic mass is 9.79. The molecule has 0 unspecified atom stereocenters. The van der Waals surface area contributed by atoms with Gasteiger partial charge in [0.25, 0.3) is 0 Å². The molecule has 0 saturated heterocycles. The topological polar surface area (TPSA) is 132 Å². The zero-order valence-corrected chi connectivity index (χ0v) is 16.3. The molecule has 2 aromatic heterocycles. The van der Waals surface area contributed by atoms with Gasteiger partial charge in [-0.1, -0.05) is 37.3 Å². The summed E-state index contributed by atoms with van der Waals surface area (Å²) in [5, 5.41) is 4.09. The molecule has 0 aliphatic rings. The second-order valence-electron chi connectivity index (χ2n) is 6.21. The van der Waals surface area contributed by atoms with E-state index >= 15 is 0 Å². The number of ether oxygens (including phenoxy) is 1. The molecule has 2 atom stereocenters. The average molecular weight is 423 g/mol. The molecule has 0 bridgehead atoms. The van der Waals surface area contributed by atoms with Gasteiger partial charge in [0.05, 0.1) is 18.4 Å². The van der Waals surface area contributed by atoms with Crippen molar-refractivity contribution in [2.24, 2.45) is 0 Å². The van der Waals surface area contributed by atoms with Crippen molar-refractivity contribution in [1.29, 1.82) is 0 Å².